The molecule has 0 spiro atoms. The van der Waals surface area contributed by atoms with Crippen molar-refractivity contribution in [3.8, 4) is 17.4 Å². The number of aromatic amines is 1. The minimum atomic E-state index is -5.11. The van der Waals surface area contributed by atoms with Crippen LogP contribution in [0.5, 0.6) is 6.01 Å². The van der Waals surface area contributed by atoms with Gasteiger partial charge in [-0.25, -0.2) is 4.98 Å². The summed E-state index contributed by atoms with van der Waals surface area (Å²) in [4.78, 5) is 15.3. The molecule has 0 saturated heterocycles. The highest BCUT2D eigenvalue weighted by atomic mass is 19.4. The molecule has 0 amide bonds. The number of H-pyrrole nitrogens is 1. The number of fused-ring (bicyclic) bond motifs is 1. The predicted octanol–water partition coefficient (Wildman–Crippen LogP) is 4.39. The van der Waals surface area contributed by atoms with Crippen LogP contribution < -0.4 is 4.74 Å². The molecule has 0 aliphatic heterocycles. The topological polar surface area (TPSA) is 76.6 Å². The molecule has 0 aromatic carbocycles. The zero-order valence-electron chi connectivity index (χ0n) is 13.5. The quantitative estimate of drug-likeness (QED) is 0.623. The molecular formula is C14H6F9N5O. The molecule has 3 aromatic heterocycles. The molecule has 0 bridgehead atoms. The molecule has 1 N–H and O–H groups in total. The molecular weight excluding hydrogens is 425 g/mol. The molecule has 6 nitrogen and oxygen atoms in total. The van der Waals surface area contributed by atoms with E-state index in [1.165, 1.54) is 0 Å². The average molecular weight is 431 g/mol. The first-order chi connectivity index (χ1) is 13.2. The third-order valence-corrected chi connectivity index (χ3v) is 3.29. The number of halogens is 9. The molecule has 156 valence electrons. The Morgan fingerprint density at radius 3 is 2.07 bits per heavy atom. The Morgan fingerprint density at radius 2 is 1.55 bits per heavy atom. The number of nitrogens with one attached hydrogen (secondary N) is 1. The molecule has 0 aliphatic carbocycles. The molecule has 0 aliphatic rings. The highest BCUT2D eigenvalue weighted by Gasteiger charge is 2.38. The number of rotatable bonds is 3. The molecule has 3 rings (SSSR count). The van der Waals surface area contributed by atoms with E-state index in [4.69, 9.17) is 0 Å². The van der Waals surface area contributed by atoms with Gasteiger partial charge in [-0.15, -0.1) is 0 Å². The van der Waals surface area contributed by atoms with Crippen molar-refractivity contribution in [1.29, 1.82) is 0 Å². The lowest BCUT2D eigenvalue weighted by Crippen LogP contribution is -2.21. The molecule has 3 aromatic rings. The van der Waals surface area contributed by atoms with E-state index in [9.17, 15) is 39.5 Å². The second-order valence-corrected chi connectivity index (χ2v) is 5.47. The van der Waals surface area contributed by atoms with Crippen molar-refractivity contribution >= 4 is 11.2 Å². The van der Waals surface area contributed by atoms with Crippen molar-refractivity contribution in [1.82, 2.24) is 24.9 Å². The molecule has 0 fully saturated rings. The Kier molecular flexibility index (Phi) is 4.78. The van der Waals surface area contributed by atoms with Gasteiger partial charge in [-0.2, -0.15) is 49.5 Å². The maximum Gasteiger partial charge on any atom is 0.435 e. The number of aromatic nitrogens is 5. The summed E-state index contributed by atoms with van der Waals surface area (Å²) in [5.41, 5.74) is -4.50. The SMILES string of the molecule is FC(F)(F)COc1nc(C(F)(F)F)c2[nH]c(-c3ccc(C(F)(F)F)nc3)nc2n1. The zero-order valence-corrected chi connectivity index (χ0v) is 13.5. The summed E-state index contributed by atoms with van der Waals surface area (Å²) in [6.45, 7) is -1.93. The lowest BCUT2D eigenvalue weighted by molar-refractivity contribution is -0.155. The van der Waals surface area contributed by atoms with Crippen LogP contribution in [0.3, 0.4) is 0 Å². The molecule has 15 heteroatoms. The Morgan fingerprint density at radius 1 is 0.862 bits per heavy atom. The number of pyridine rings is 1. The van der Waals surface area contributed by atoms with Crippen LogP contribution in [0.15, 0.2) is 18.3 Å². The van der Waals surface area contributed by atoms with E-state index >= 15 is 0 Å². The Bertz CT molecular complexity index is 1020. The van der Waals surface area contributed by atoms with Crippen molar-refractivity contribution in [3.63, 3.8) is 0 Å². The predicted molar refractivity (Wildman–Crippen MR) is 76.5 cm³/mol. The van der Waals surface area contributed by atoms with Crippen LogP contribution in [0, 0.1) is 0 Å². The summed E-state index contributed by atoms with van der Waals surface area (Å²) in [6.07, 6.45) is -14.0. The number of imidazole rings is 1. The fourth-order valence-electron chi connectivity index (χ4n) is 2.13. The number of hydrogen-bond donors (Lipinski definition) is 1. The van der Waals surface area contributed by atoms with Crippen molar-refractivity contribution in [2.24, 2.45) is 0 Å². The van der Waals surface area contributed by atoms with E-state index in [1.54, 1.807) is 0 Å². The fourth-order valence-corrected chi connectivity index (χ4v) is 2.13. The van der Waals surface area contributed by atoms with Crippen LogP contribution >= 0.6 is 0 Å². The molecule has 0 saturated carbocycles. The van der Waals surface area contributed by atoms with Gasteiger partial charge in [0.15, 0.2) is 17.9 Å². The first-order valence-corrected chi connectivity index (χ1v) is 7.32. The standard InChI is InChI=1S/C14H6F9N5O/c15-12(16,17)4-29-11-26-8(14(21,22)23)7-10(28-11)27-9(25-7)5-1-2-6(24-3-5)13(18,19)20/h1-3H,4H2,(H,25,26,27,28). The monoisotopic (exact) mass is 431 g/mol. The highest BCUT2D eigenvalue weighted by molar-refractivity contribution is 5.78. The Balaban J connectivity index is 2.05. The van der Waals surface area contributed by atoms with Crippen molar-refractivity contribution in [3.05, 3.63) is 29.7 Å². The van der Waals surface area contributed by atoms with Gasteiger partial charge >= 0.3 is 24.5 Å². The fraction of sp³-hybridized carbons (Fsp3) is 0.286. The lowest BCUT2D eigenvalue weighted by atomic mass is 10.2. The number of alkyl halides is 9. The van der Waals surface area contributed by atoms with E-state index in [-0.39, 0.29) is 11.4 Å². The van der Waals surface area contributed by atoms with Gasteiger partial charge in [-0.3, -0.25) is 4.98 Å². The first kappa shape index (κ1) is 20.6. The Labute approximate surface area is 153 Å². The van der Waals surface area contributed by atoms with Crippen LogP contribution in [0.25, 0.3) is 22.6 Å². The zero-order chi connectivity index (χ0) is 21.6. The maximum atomic E-state index is 13.2. The second-order valence-electron chi connectivity index (χ2n) is 5.47. The van der Waals surface area contributed by atoms with Crippen molar-refractivity contribution < 1.29 is 44.3 Å². The minimum absolute atomic E-state index is 0.123. The van der Waals surface area contributed by atoms with Crippen LogP contribution in [-0.4, -0.2) is 37.7 Å². The van der Waals surface area contributed by atoms with Gasteiger partial charge in [0.25, 0.3) is 0 Å². The largest absolute Gasteiger partial charge is 0.454 e. The van der Waals surface area contributed by atoms with E-state index < -0.39 is 53.7 Å². The smallest absolute Gasteiger partial charge is 0.435 e. The summed E-state index contributed by atoms with van der Waals surface area (Å²) in [5.74, 6) is -0.353. The molecule has 0 radical (unpaired) electrons. The van der Waals surface area contributed by atoms with Gasteiger partial charge in [0, 0.05) is 11.8 Å². The number of nitrogens with zero attached hydrogens (tertiary/aromatic N) is 4. The maximum absolute atomic E-state index is 13.2. The van der Waals surface area contributed by atoms with Gasteiger partial charge < -0.3 is 9.72 Å². The molecule has 3 heterocycles. The van der Waals surface area contributed by atoms with Crippen molar-refractivity contribution in [2.45, 2.75) is 18.5 Å². The van der Waals surface area contributed by atoms with Crippen molar-refractivity contribution in [2.75, 3.05) is 6.61 Å². The van der Waals surface area contributed by atoms with Gasteiger partial charge in [-0.1, -0.05) is 0 Å². The van der Waals surface area contributed by atoms with Crippen LogP contribution in [0.1, 0.15) is 11.4 Å². The summed E-state index contributed by atoms with van der Waals surface area (Å²) < 4.78 is 118. The second kappa shape index (κ2) is 6.73. The molecule has 0 atom stereocenters. The van der Waals surface area contributed by atoms with Gasteiger partial charge in [0.2, 0.25) is 0 Å². The van der Waals surface area contributed by atoms with E-state index in [0.717, 1.165) is 6.07 Å². The van der Waals surface area contributed by atoms with Crippen LogP contribution in [0.4, 0.5) is 39.5 Å². The van der Waals surface area contributed by atoms with Gasteiger partial charge in [0.1, 0.15) is 17.0 Å². The average Bonchev–Trinajstić information content (AvgIpc) is 3.01. The minimum Gasteiger partial charge on any atom is -0.454 e. The summed E-state index contributed by atoms with van der Waals surface area (Å²) in [7, 11) is 0. The van der Waals surface area contributed by atoms with E-state index in [1.807, 2.05) is 0 Å². The normalized spacial score (nSPS) is 13.1. The van der Waals surface area contributed by atoms with Crippen LogP contribution in [-0.2, 0) is 12.4 Å². The molecule has 0 unspecified atom stereocenters. The lowest BCUT2D eigenvalue weighted by Gasteiger charge is -2.10. The Hall–Kier alpha value is -3.13. The number of hydrogen-bond acceptors (Lipinski definition) is 5. The van der Waals surface area contributed by atoms with E-state index in [2.05, 4.69) is 29.7 Å². The van der Waals surface area contributed by atoms with E-state index in [0.29, 0.717) is 12.3 Å². The van der Waals surface area contributed by atoms with Crippen LogP contribution in [0.2, 0.25) is 0 Å². The summed E-state index contributed by atoms with van der Waals surface area (Å²) in [5, 5.41) is 0. The summed E-state index contributed by atoms with van der Waals surface area (Å²) in [6, 6.07) is 0.261. The molecule has 29 heavy (non-hydrogen) atoms. The van der Waals surface area contributed by atoms with Gasteiger partial charge in [0.05, 0.1) is 0 Å². The first-order valence-electron chi connectivity index (χ1n) is 7.32. The van der Waals surface area contributed by atoms with Gasteiger partial charge in [-0.05, 0) is 12.1 Å². The summed E-state index contributed by atoms with van der Waals surface area (Å²) >= 11 is 0. The third kappa shape index (κ3) is 4.65. The highest BCUT2D eigenvalue weighted by Crippen LogP contribution is 2.35. The third-order valence-electron chi connectivity index (χ3n) is 3.29. The number of ether oxygens (including phenoxy) is 1.